The molecule has 1 heterocycles. The molecule has 0 spiro atoms. The van der Waals surface area contributed by atoms with Crippen LogP contribution in [0.2, 0.25) is 0 Å². The second-order valence-electron chi connectivity index (χ2n) is 5.94. The van der Waals surface area contributed by atoms with Crippen LogP contribution in [0, 0.1) is 6.92 Å². The van der Waals surface area contributed by atoms with Crippen LogP contribution in [0.3, 0.4) is 0 Å². The topological polar surface area (TPSA) is 12.5 Å². The van der Waals surface area contributed by atoms with Crippen LogP contribution >= 0.6 is 0 Å². The summed E-state index contributed by atoms with van der Waals surface area (Å²) < 4.78 is 5.86. The summed E-state index contributed by atoms with van der Waals surface area (Å²) in [6.07, 6.45) is 1.11. The summed E-state index contributed by atoms with van der Waals surface area (Å²) in [5.74, 6) is 1.73. The van der Waals surface area contributed by atoms with Crippen molar-refractivity contribution in [3.63, 3.8) is 0 Å². The third-order valence-corrected chi connectivity index (χ3v) is 4.26. The Balaban J connectivity index is 1.56. The Kier molecular flexibility index (Phi) is 3.51. The fourth-order valence-corrected chi connectivity index (χ4v) is 3.12. The fraction of sp³-hybridized carbons (Fsp3) is 0.143. The van der Waals surface area contributed by atoms with Crippen molar-refractivity contribution >= 4 is 11.4 Å². The van der Waals surface area contributed by atoms with Gasteiger partial charge in [0.15, 0.2) is 0 Å². The van der Waals surface area contributed by atoms with E-state index in [0.29, 0.717) is 0 Å². The zero-order valence-electron chi connectivity index (χ0n) is 13.2. The van der Waals surface area contributed by atoms with E-state index >= 15 is 0 Å². The van der Waals surface area contributed by atoms with Crippen molar-refractivity contribution in [1.82, 2.24) is 0 Å². The molecule has 0 bridgehead atoms. The minimum atomic E-state index is 0.863. The van der Waals surface area contributed by atoms with E-state index in [0.717, 1.165) is 24.5 Å². The van der Waals surface area contributed by atoms with Gasteiger partial charge >= 0.3 is 0 Å². The molecule has 23 heavy (non-hydrogen) atoms. The van der Waals surface area contributed by atoms with Gasteiger partial charge in [0.05, 0.1) is 0 Å². The third-order valence-electron chi connectivity index (χ3n) is 4.26. The predicted molar refractivity (Wildman–Crippen MR) is 94.8 cm³/mol. The van der Waals surface area contributed by atoms with Gasteiger partial charge in [0.1, 0.15) is 11.5 Å². The maximum absolute atomic E-state index is 5.86. The predicted octanol–water partition coefficient (Wildman–Crippen LogP) is 5.48. The number of fused-ring (bicyclic) bond motifs is 1. The molecule has 4 rings (SSSR count). The van der Waals surface area contributed by atoms with Gasteiger partial charge in [-0.15, -0.1) is 0 Å². The first-order valence-corrected chi connectivity index (χ1v) is 8.00. The molecule has 1 aliphatic heterocycles. The number of hydrogen-bond acceptors (Lipinski definition) is 2. The van der Waals surface area contributed by atoms with Crippen molar-refractivity contribution in [3.05, 3.63) is 83.9 Å². The minimum absolute atomic E-state index is 0.863. The monoisotopic (exact) mass is 301 g/mol. The van der Waals surface area contributed by atoms with Crippen LogP contribution in [-0.4, -0.2) is 6.54 Å². The quantitative estimate of drug-likeness (QED) is 0.635. The molecule has 3 aromatic carbocycles. The van der Waals surface area contributed by atoms with Crippen LogP contribution in [-0.2, 0) is 6.42 Å². The van der Waals surface area contributed by atoms with E-state index in [1.165, 1.54) is 22.5 Å². The van der Waals surface area contributed by atoms with Crippen molar-refractivity contribution < 1.29 is 4.74 Å². The summed E-state index contributed by atoms with van der Waals surface area (Å²) in [7, 11) is 0. The second kappa shape index (κ2) is 5.81. The highest BCUT2D eigenvalue weighted by Gasteiger charge is 2.20. The zero-order valence-corrected chi connectivity index (χ0v) is 13.2. The molecule has 3 aromatic rings. The first-order chi connectivity index (χ1) is 11.3. The van der Waals surface area contributed by atoms with Crippen LogP contribution in [0.5, 0.6) is 11.5 Å². The lowest BCUT2D eigenvalue weighted by Gasteiger charge is -2.20. The average Bonchev–Trinajstić information content (AvgIpc) is 2.99. The molecule has 2 nitrogen and oxygen atoms in total. The average molecular weight is 301 g/mol. The van der Waals surface area contributed by atoms with Gasteiger partial charge in [-0.2, -0.15) is 0 Å². The lowest BCUT2D eigenvalue weighted by Crippen LogP contribution is -2.12. The van der Waals surface area contributed by atoms with E-state index in [1.807, 2.05) is 42.5 Å². The maximum atomic E-state index is 5.86. The molecule has 0 unspecified atom stereocenters. The molecule has 0 radical (unpaired) electrons. The van der Waals surface area contributed by atoms with Crippen LogP contribution in [0.25, 0.3) is 0 Å². The van der Waals surface area contributed by atoms with Gasteiger partial charge in [-0.1, -0.05) is 35.9 Å². The number of rotatable bonds is 3. The fourth-order valence-electron chi connectivity index (χ4n) is 3.12. The minimum Gasteiger partial charge on any atom is -0.457 e. The summed E-state index contributed by atoms with van der Waals surface area (Å²) in [5, 5.41) is 0. The van der Waals surface area contributed by atoms with E-state index in [4.69, 9.17) is 4.74 Å². The van der Waals surface area contributed by atoms with E-state index < -0.39 is 0 Å². The van der Waals surface area contributed by atoms with Gasteiger partial charge in [0, 0.05) is 17.9 Å². The van der Waals surface area contributed by atoms with Crippen molar-refractivity contribution in [3.8, 4) is 11.5 Å². The van der Waals surface area contributed by atoms with E-state index in [1.54, 1.807) is 0 Å². The standard InChI is InChI=1S/C21H19NO/c1-16-7-12-21-17(15-16)13-14-22(21)18-8-10-20(11-9-18)23-19-5-3-2-4-6-19/h2-12,15H,13-14H2,1H3. The summed E-state index contributed by atoms with van der Waals surface area (Å²) in [6, 6.07) is 24.9. The SMILES string of the molecule is Cc1ccc2c(c1)CCN2c1ccc(Oc2ccccc2)cc1. The number of hydrogen-bond donors (Lipinski definition) is 0. The molecule has 0 saturated carbocycles. The molecular formula is C21H19NO. The smallest absolute Gasteiger partial charge is 0.127 e. The van der Waals surface area contributed by atoms with Crippen LogP contribution in [0.15, 0.2) is 72.8 Å². The Morgan fingerprint density at radius 3 is 2.35 bits per heavy atom. The highest BCUT2D eigenvalue weighted by atomic mass is 16.5. The number of ether oxygens (including phenoxy) is 1. The first-order valence-electron chi connectivity index (χ1n) is 8.00. The number of benzene rings is 3. The van der Waals surface area contributed by atoms with Gasteiger partial charge in [0.25, 0.3) is 0 Å². The molecule has 0 amide bonds. The molecule has 0 fully saturated rings. The lowest BCUT2D eigenvalue weighted by atomic mass is 10.1. The molecule has 0 aromatic heterocycles. The normalized spacial score (nSPS) is 13.0. The van der Waals surface area contributed by atoms with Crippen molar-refractivity contribution in [2.45, 2.75) is 13.3 Å². The Hall–Kier alpha value is -2.74. The number of anilines is 2. The summed E-state index contributed by atoms with van der Waals surface area (Å²) in [4.78, 5) is 2.38. The highest BCUT2D eigenvalue weighted by molar-refractivity contribution is 5.70. The molecule has 0 atom stereocenters. The lowest BCUT2D eigenvalue weighted by molar-refractivity contribution is 0.483. The van der Waals surface area contributed by atoms with Gasteiger partial charge in [-0.25, -0.2) is 0 Å². The number of nitrogens with zero attached hydrogens (tertiary/aromatic N) is 1. The number of aryl methyl sites for hydroxylation is 1. The molecule has 0 N–H and O–H groups in total. The highest BCUT2D eigenvalue weighted by Crippen LogP contribution is 2.35. The second-order valence-corrected chi connectivity index (χ2v) is 5.94. The Labute approximate surface area is 137 Å². The Morgan fingerprint density at radius 1 is 0.826 bits per heavy atom. The molecule has 1 aliphatic rings. The summed E-state index contributed by atoms with van der Waals surface area (Å²) >= 11 is 0. The van der Waals surface area contributed by atoms with Crippen LogP contribution in [0.4, 0.5) is 11.4 Å². The van der Waals surface area contributed by atoms with Gasteiger partial charge in [-0.05, 0) is 61.4 Å². The summed E-state index contributed by atoms with van der Waals surface area (Å²) in [6.45, 7) is 3.19. The summed E-state index contributed by atoms with van der Waals surface area (Å²) in [5.41, 5.74) is 5.31. The van der Waals surface area contributed by atoms with Gasteiger partial charge < -0.3 is 9.64 Å². The largest absolute Gasteiger partial charge is 0.457 e. The maximum Gasteiger partial charge on any atom is 0.127 e. The Bertz CT molecular complexity index is 809. The first kappa shape index (κ1) is 13.9. The molecule has 0 saturated heterocycles. The molecule has 2 heteroatoms. The van der Waals surface area contributed by atoms with E-state index in [2.05, 4.69) is 42.2 Å². The van der Waals surface area contributed by atoms with Crippen LogP contribution in [0.1, 0.15) is 11.1 Å². The van der Waals surface area contributed by atoms with Crippen LogP contribution < -0.4 is 9.64 Å². The zero-order chi connectivity index (χ0) is 15.6. The van der Waals surface area contributed by atoms with Crippen molar-refractivity contribution in [1.29, 1.82) is 0 Å². The van der Waals surface area contributed by atoms with Crippen molar-refractivity contribution in [2.75, 3.05) is 11.4 Å². The number of para-hydroxylation sites is 1. The van der Waals surface area contributed by atoms with E-state index in [-0.39, 0.29) is 0 Å². The van der Waals surface area contributed by atoms with Gasteiger partial charge in [-0.3, -0.25) is 0 Å². The molecule has 0 aliphatic carbocycles. The molecule has 114 valence electrons. The molecular weight excluding hydrogens is 282 g/mol. The third kappa shape index (κ3) is 2.80. The van der Waals surface area contributed by atoms with E-state index in [9.17, 15) is 0 Å². The Morgan fingerprint density at radius 2 is 1.57 bits per heavy atom. The van der Waals surface area contributed by atoms with Gasteiger partial charge in [0.2, 0.25) is 0 Å². The van der Waals surface area contributed by atoms with Crippen molar-refractivity contribution in [2.24, 2.45) is 0 Å².